The quantitative estimate of drug-likeness (QED) is 0.345. The zero-order chi connectivity index (χ0) is 19.6. The van der Waals surface area contributed by atoms with E-state index in [9.17, 15) is 0 Å². The van der Waals surface area contributed by atoms with Crippen LogP contribution in [0.25, 0.3) is 10.8 Å². The van der Waals surface area contributed by atoms with Gasteiger partial charge >= 0.3 is 0 Å². The first kappa shape index (κ1) is 16.9. The van der Waals surface area contributed by atoms with Crippen LogP contribution in [0.1, 0.15) is 34.6 Å². The molecule has 0 unspecified atom stereocenters. The molecule has 2 aliphatic rings. The second-order valence-electron chi connectivity index (χ2n) is 7.96. The summed E-state index contributed by atoms with van der Waals surface area (Å²) in [5.41, 5.74) is 4.58. The Morgan fingerprint density at radius 1 is 0.862 bits per heavy atom. The Morgan fingerprint density at radius 3 is 2.59 bits per heavy atom. The number of hydrogen-bond donors (Lipinski definition) is 0. The first-order valence-corrected chi connectivity index (χ1v) is 10.3. The van der Waals surface area contributed by atoms with Crippen LogP contribution in [-0.4, -0.2) is 0 Å². The van der Waals surface area contributed by atoms with Gasteiger partial charge in [-0.3, -0.25) is 0 Å². The summed E-state index contributed by atoms with van der Waals surface area (Å²) in [5.74, 6) is 1.03. The Hall–Kier alpha value is -2.97. The molecule has 0 saturated carbocycles. The van der Waals surface area contributed by atoms with Gasteiger partial charge in [-0.05, 0) is 48.0 Å². The zero-order valence-electron chi connectivity index (χ0n) is 16.0. The fourth-order valence-corrected chi connectivity index (χ4v) is 5.00. The third-order valence-corrected chi connectivity index (χ3v) is 6.34. The summed E-state index contributed by atoms with van der Waals surface area (Å²) in [6.45, 7) is 2.10. The molecule has 0 aliphatic carbocycles. The van der Waals surface area contributed by atoms with Crippen molar-refractivity contribution in [2.45, 2.75) is 25.0 Å². The van der Waals surface area contributed by atoms with Gasteiger partial charge in [0.2, 0.25) is 0 Å². The van der Waals surface area contributed by atoms with Crippen molar-refractivity contribution in [3.63, 3.8) is 0 Å². The normalized spacial score (nSPS) is 21.7. The van der Waals surface area contributed by atoms with E-state index in [2.05, 4.69) is 67.6 Å². The van der Waals surface area contributed by atoms with Crippen molar-refractivity contribution in [3.05, 3.63) is 106 Å². The van der Waals surface area contributed by atoms with Crippen LogP contribution in [0.2, 0.25) is 5.02 Å². The van der Waals surface area contributed by atoms with Crippen LogP contribution >= 0.6 is 11.6 Å². The molecule has 0 saturated heterocycles. The molecular formula is C26H19ClO2. The minimum atomic E-state index is -0.840. The van der Waals surface area contributed by atoms with E-state index in [0.29, 0.717) is 6.42 Å². The molecule has 29 heavy (non-hydrogen) atoms. The van der Waals surface area contributed by atoms with Gasteiger partial charge in [0.15, 0.2) is 0 Å². The fraction of sp³-hybridized carbons (Fsp3) is 0.154. The molecule has 2 bridgehead atoms. The summed E-state index contributed by atoms with van der Waals surface area (Å²) in [7, 11) is 0. The predicted molar refractivity (Wildman–Crippen MR) is 116 cm³/mol. The summed E-state index contributed by atoms with van der Waals surface area (Å²) in [6, 6.07) is 27.0. The topological polar surface area (TPSA) is 18.5 Å². The first-order chi connectivity index (χ1) is 14.1. The molecule has 0 spiro atoms. The summed E-state index contributed by atoms with van der Waals surface area (Å²) < 4.78 is 13.2. The third-order valence-electron chi connectivity index (χ3n) is 6.11. The highest BCUT2D eigenvalue weighted by atomic mass is 35.5. The highest BCUT2D eigenvalue weighted by Gasteiger charge is 2.50. The molecule has 0 N–H and O–H groups in total. The minimum Gasteiger partial charge on any atom is -0.448 e. The Balaban J connectivity index is 1.66. The lowest BCUT2D eigenvalue weighted by Gasteiger charge is -2.47. The molecule has 4 aromatic rings. The summed E-state index contributed by atoms with van der Waals surface area (Å²) in [5, 5.41) is 3.16. The number of fused-ring (bicyclic) bond motifs is 8. The van der Waals surface area contributed by atoms with Crippen molar-refractivity contribution in [1.29, 1.82) is 0 Å². The fourth-order valence-electron chi connectivity index (χ4n) is 4.82. The van der Waals surface area contributed by atoms with Crippen LogP contribution in [0.3, 0.4) is 0 Å². The van der Waals surface area contributed by atoms with Crippen molar-refractivity contribution < 1.29 is 9.47 Å². The molecular weight excluding hydrogens is 380 g/mol. The van der Waals surface area contributed by atoms with E-state index in [1.807, 2.05) is 18.2 Å². The van der Waals surface area contributed by atoms with Crippen LogP contribution in [0, 0.1) is 6.92 Å². The zero-order valence-corrected chi connectivity index (χ0v) is 16.7. The molecule has 0 radical (unpaired) electrons. The Bertz CT molecular complexity index is 1280. The number of rotatable bonds is 1. The maximum atomic E-state index is 6.67. The number of ether oxygens (including phenoxy) is 2. The van der Waals surface area contributed by atoms with Gasteiger partial charge in [-0.1, -0.05) is 65.7 Å². The highest BCUT2D eigenvalue weighted by molar-refractivity contribution is 6.30. The van der Waals surface area contributed by atoms with Gasteiger partial charge in [-0.25, -0.2) is 0 Å². The van der Waals surface area contributed by atoms with Crippen molar-refractivity contribution >= 4 is 22.4 Å². The van der Waals surface area contributed by atoms with E-state index in [1.54, 1.807) is 0 Å². The van der Waals surface area contributed by atoms with E-state index < -0.39 is 5.79 Å². The first-order valence-electron chi connectivity index (χ1n) is 9.89. The molecule has 0 fully saturated rings. The van der Waals surface area contributed by atoms with Crippen LogP contribution in [0.15, 0.2) is 78.9 Å². The van der Waals surface area contributed by atoms with E-state index in [4.69, 9.17) is 21.1 Å². The Labute approximate surface area is 174 Å². The minimum absolute atomic E-state index is 0.146. The van der Waals surface area contributed by atoms with Gasteiger partial charge in [0.05, 0.1) is 0 Å². The SMILES string of the molecule is Cc1cccc([C@@]23C[C@@H](c4cc(Cl)ccc4O2)c2c(ccc4ccccc24)O3)c1. The number of benzene rings is 4. The lowest BCUT2D eigenvalue weighted by Crippen LogP contribution is -2.46. The smallest absolute Gasteiger partial charge is 0.278 e. The summed E-state index contributed by atoms with van der Waals surface area (Å²) in [4.78, 5) is 0. The Morgan fingerprint density at radius 2 is 1.69 bits per heavy atom. The molecule has 2 aliphatic heterocycles. The van der Waals surface area contributed by atoms with E-state index in [0.717, 1.165) is 27.6 Å². The van der Waals surface area contributed by atoms with E-state index in [1.165, 1.54) is 21.9 Å². The van der Waals surface area contributed by atoms with Gasteiger partial charge in [0, 0.05) is 34.1 Å². The lowest BCUT2D eigenvalue weighted by atomic mass is 9.76. The lowest BCUT2D eigenvalue weighted by molar-refractivity contribution is -0.148. The summed E-state index contributed by atoms with van der Waals surface area (Å²) >= 11 is 6.38. The largest absolute Gasteiger partial charge is 0.448 e. The molecule has 6 rings (SSSR count). The van der Waals surface area contributed by atoms with Gasteiger partial charge in [-0.15, -0.1) is 0 Å². The van der Waals surface area contributed by atoms with E-state index in [-0.39, 0.29) is 5.92 Å². The third kappa shape index (κ3) is 2.49. The maximum absolute atomic E-state index is 6.67. The van der Waals surface area contributed by atoms with Crippen LogP contribution in [0.4, 0.5) is 0 Å². The molecule has 2 atom stereocenters. The van der Waals surface area contributed by atoms with Gasteiger partial charge in [0.1, 0.15) is 11.5 Å². The van der Waals surface area contributed by atoms with Crippen molar-refractivity contribution in [2.24, 2.45) is 0 Å². The second-order valence-corrected chi connectivity index (χ2v) is 8.40. The van der Waals surface area contributed by atoms with Crippen LogP contribution < -0.4 is 9.47 Å². The monoisotopic (exact) mass is 398 g/mol. The standard InChI is InChI=1S/C26H19ClO2/c1-16-5-4-7-18(13-16)26-15-22(21-14-19(27)10-12-23(21)28-26)25-20-8-3-2-6-17(20)9-11-24(25)29-26/h2-14,22H,15H2,1H3/t22-,26-/m0/s1. The van der Waals surface area contributed by atoms with Gasteiger partial charge < -0.3 is 9.47 Å². The average Bonchev–Trinajstić information content (AvgIpc) is 2.74. The molecule has 4 aromatic carbocycles. The molecule has 3 heteroatoms. The predicted octanol–water partition coefficient (Wildman–Crippen LogP) is 6.96. The van der Waals surface area contributed by atoms with Gasteiger partial charge in [0.25, 0.3) is 5.79 Å². The van der Waals surface area contributed by atoms with Gasteiger partial charge in [-0.2, -0.15) is 0 Å². The van der Waals surface area contributed by atoms with Crippen molar-refractivity contribution in [3.8, 4) is 11.5 Å². The summed E-state index contributed by atoms with van der Waals surface area (Å²) in [6.07, 6.45) is 0.713. The molecule has 142 valence electrons. The second kappa shape index (κ2) is 6.01. The number of hydrogen-bond acceptors (Lipinski definition) is 2. The number of halogens is 1. The Kier molecular flexibility index (Phi) is 3.51. The van der Waals surface area contributed by atoms with E-state index >= 15 is 0 Å². The van der Waals surface area contributed by atoms with Crippen LogP contribution in [-0.2, 0) is 5.79 Å². The van der Waals surface area contributed by atoms with Crippen LogP contribution in [0.5, 0.6) is 11.5 Å². The average molecular weight is 399 g/mol. The molecule has 2 heterocycles. The molecule has 0 amide bonds. The molecule has 0 aromatic heterocycles. The molecule has 2 nitrogen and oxygen atoms in total. The van der Waals surface area contributed by atoms with Crippen molar-refractivity contribution in [2.75, 3.05) is 0 Å². The maximum Gasteiger partial charge on any atom is 0.278 e. The van der Waals surface area contributed by atoms with Crippen molar-refractivity contribution in [1.82, 2.24) is 0 Å². The number of aryl methyl sites for hydroxylation is 1. The highest BCUT2D eigenvalue weighted by Crippen LogP contribution is 2.56.